The van der Waals surface area contributed by atoms with E-state index in [1.807, 2.05) is 19.1 Å². The molecule has 0 bridgehead atoms. The van der Waals surface area contributed by atoms with Crippen LogP contribution in [-0.2, 0) is 4.79 Å². The Hall–Kier alpha value is -1.93. The van der Waals surface area contributed by atoms with Gasteiger partial charge in [0.25, 0.3) is 5.91 Å². The van der Waals surface area contributed by atoms with E-state index < -0.39 is 0 Å². The van der Waals surface area contributed by atoms with E-state index in [0.717, 1.165) is 24.3 Å². The Bertz CT molecular complexity index is 595. The third-order valence-electron chi connectivity index (χ3n) is 3.02. The second kappa shape index (κ2) is 12.4. The molecule has 0 aromatic heterocycles. The number of hydrogen-bond donors (Lipinski definition) is 3. The van der Waals surface area contributed by atoms with Gasteiger partial charge in [-0.3, -0.25) is 15.6 Å². The summed E-state index contributed by atoms with van der Waals surface area (Å²) < 4.78 is 10.7. The second-order valence-corrected chi connectivity index (χ2v) is 6.29. The molecule has 138 valence electrons. The summed E-state index contributed by atoms with van der Waals surface area (Å²) in [5.41, 5.74) is 6.00. The van der Waals surface area contributed by atoms with Gasteiger partial charge in [0.2, 0.25) is 0 Å². The Labute approximate surface area is 158 Å². The highest BCUT2D eigenvalue weighted by Gasteiger charge is 2.04. The smallest absolute Gasteiger partial charge is 0.262 e. The molecule has 6 nitrogen and oxygen atoms in total. The number of amides is 1. The zero-order valence-electron chi connectivity index (χ0n) is 14.8. The van der Waals surface area contributed by atoms with Crippen molar-refractivity contribution in [2.45, 2.75) is 13.3 Å². The number of methoxy groups -OCH3 is 1. The number of hydrogen-bond acceptors (Lipinski definition) is 5. The lowest BCUT2D eigenvalue weighted by molar-refractivity contribution is -0.116. The fourth-order valence-corrected chi connectivity index (χ4v) is 2.44. The fourth-order valence-electron chi connectivity index (χ4n) is 1.86. The Balaban J connectivity index is 2.44. The summed E-state index contributed by atoms with van der Waals surface area (Å²) in [6.45, 7) is 3.24. The number of hydrazine groups is 1. The van der Waals surface area contributed by atoms with E-state index in [-0.39, 0.29) is 5.91 Å². The highest BCUT2D eigenvalue weighted by Crippen LogP contribution is 2.28. The van der Waals surface area contributed by atoms with E-state index >= 15 is 0 Å². The summed E-state index contributed by atoms with van der Waals surface area (Å²) in [6.07, 6.45) is 6.17. The van der Waals surface area contributed by atoms with Gasteiger partial charge in [0.15, 0.2) is 16.6 Å². The molecule has 3 N–H and O–H groups in total. The number of carbonyl (C=O) groups excluding carboxylic acids is 1. The first kappa shape index (κ1) is 21.1. The molecular weight excluding hydrogens is 358 g/mol. The normalized spacial score (nSPS) is 10.4. The van der Waals surface area contributed by atoms with E-state index in [9.17, 15) is 4.79 Å². The third kappa shape index (κ3) is 8.64. The molecule has 0 spiro atoms. The Morgan fingerprint density at radius 1 is 1.32 bits per heavy atom. The maximum Gasteiger partial charge on any atom is 0.262 e. The molecule has 0 radical (unpaired) electrons. The van der Waals surface area contributed by atoms with Crippen LogP contribution >= 0.6 is 24.0 Å². The molecule has 1 aromatic carbocycles. The molecule has 0 heterocycles. The Kier molecular flexibility index (Phi) is 10.5. The van der Waals surface area contributed by atoms with Gasteiger partial charge in [-0.25, -0.2) is 0 Å². The minimum atomic E-state index is -0.305. The van der Waals surface area contributed by atoms with Gasteiger partial charge >= 0.3 is 0 Å². The van der Waals surface area contributed by atoms with Crippen LogP contribution in [0.15, 0.2) is 24.3 Å². The number of thiocarbonyl (C=S) groups is 1. The maximum absolute atomic E-state index is 11.8. The highest BCUT2D eigenvalue weighted by atomic mass is 32.2. The summed E-state index contributed by atoms with van der Waals surface area (Å²) in [5.74, 6) is 2.06. The van der Waals surface area contributed by atoms with Crippen molar-refractivity contribution in [1.29, 1.82) is 0 Å². The van der Waals surface area contributed by atoms with Gasteiger partial charge in [-0.2, -0.15) is 11.8 Å². The van der Waals surface area contributed by atoms with Crippen LogP contribution < -0.4 is 25.6 Å². The second-order valence-electron chi connectivity index (χ2n) is 4.89. The number of nitrogens with one attached hydrogen (secondary N) is 3. The van der Waals surface area contributed by atoms with Crippen LogP contribution in [0.2, 0.25) is 0 Å². The van der Waals surface area contributed by atoms with Crippen LogP contribution in [0.1, 0.15) is 18.9 Å². The molecule has 8 heteroatoms. The van der Waals surface area contributed by atoms with E-state index in [4.69, 9.17) is 21.7 Å². The number of carbonyl (C=O) groups is 1. The molecule has 1 aromatic rings. The van der Waals surface area contributed by atoms with E-state index in [2.05, 4.69) is 22.4 Å². The van der Waals surface area contributed by atoms with E-state index in [0.29, 0.717) is 23.2 Å². The summed E-state index contributed by atoms with van der Waals surface area (Å²) in [7, 11) is 1.58. The molecule has 0 saturated heterocycles. The van der Waals surface area contributed by atoms with Crippen molar-refractivity contribution in [2.24, 2.45) is 0 Å². The molecule has 0 saturated carbocycles. The lowest BCUT2D eigenvalue weighted by atomic mass is 10.2. The van der Waals surface area contributed by atoms with Crippen LogP contribution in [0.4, 0.5) is 0 Å². The average Bonchev–Trinajstić information content (AvgIpc) is 2.62. The largest absolute Gasteiger partial charge is 0.493 e. The van der Waals surface area contributed by atoms with Gasteiger partial charge < -0.3 is 14.8 Å². The predicted octanol–water partition coefficient (Wildman–Crippen LogP) is 2.36. The molecule has 0 fully saturated rings. The molecule has 0 unspecified atom stereocenters. The van der Waals surface area contributed by atoms with Gasteiger partial charge in [-0.05, 0) is 61.3 Å². The number of benzene rings is 1. The minimum absolute atomic E-state index is 0.305. The van der Waals surface area contributed by atoms with Crippen LogP contribution in [0.3, 0.4) is 0 Å². The molecule has 0 atom stereocenters. The lowest BCUT2D eigenvalue weighted by Gasteiger charge is -2.10. The van der Waals surface area contributed by atoms with Crippen LogP contribution in [0.5, 0.6) is 11.5 Å². The standard InChI is InChI=1S/C17H25N3O3S2/c1-4-23-14-8-6-13(12-15(14)22-2)7-9-16(21)19-20-17(24)18-10-5-11-25-3/h6-9,12H,4-5,10-11H2,1-3H3,(H,19,21)(H2,18,20,24)/b9-7+. The van der Waals surface area contributed by atoms with Crippen molar-refractivity contribution >= 4 is 41.1 Å². The minimum Gasteiger partial charge on any atom is -0.493 e. The first-order valence-corrected chi connectivity index (χ1v) is 9.72. The van der Waals surface area contributed by atoms with Gasteiger partial charge in [0, 0.05) is 12.6 Å². The summed E-state index contributed by atoms with van der Waals surface area (Å²) in [4.78, 5) is 11.8. The molecule has 1 rings (SSSR count). The summed E-state index contributed by atoms with van der Waals surface area (Å²) in [6, 6.07) is 5.47. The predicted molar refractivity (Wildman–Crippen MR) is 108 cm³/mol. The van der Waals surface area contributed by atoms with E-state index in [1.54, 1.807) is 31.0 Å². The van der Waals surface area contributed by atoms with Gasteiger partial charge in [-0.15, -0.1) is 0 Å². The van der Waals surface area contributed by atoms with Crippen LogP contribution in [-0.4, -0.2) is 43.3 Å². The van der Waals surface area contributed by atoms with Crippen molar-refractivity contribution in [1.82, 2.24) is 16.2 Å². The summed E-state index contributed by atoms with van der Waals surface area (Å²) in [5, 5.41) is 3.41. The first-order valence-electron chi connectivity index (χ1n) is 7.92. The topological polar surface area (TPSA) is 71.6 Å². The third-order valence-corrected chi connectivity index (χ3v) is 3.97. The first-order chi connectivity index (χ1) is 12.1. The molecular formula is C17H25N3O3S2. The zero-order valence-corrected chi connectivity index (χ0v) is 16.4. The number of thioether (sulfide) groups is 1. The Morgan fingerprint density at radius 2 is 2.12 bits per heavy atom. The van der Waals surface area contributed by atoms with E-state index in [1.165, 1.54) is 6.08 Å². The van der Waals surface area contributed by atoms with Gasteiger partial charge in [0.05, 0.1) is 13.7 Å². The van der Waals surface area contributed by atoms with Crippen molar-refractivity contribution in [3.05, 3.63) is 29.8 Å². The highest BCUT2D eigenvalue weighted by molar-refractivity contribution is 7.98. The average molecular weight is 384 g/mol. The molecule has 0 aliphatic heterocycles. The number of rotatable bonds is 9. The van der Waals surface area contributed by atoms with Gasteiger partial charge in [0.1, 0.15) is 0 Å². The number of ether oxygens (including phenoxy) is 2. The molecule has 1 amide bonds. The summed E-state index contributed by atoms with van der Waals surface area (Å²) >= 11 is 6.86. The SMILES string of the molecule is CCOc1ccc(/C=C/C(=O)NNC(=S)NCCCSC)cc1OC. The monoisotopic (exact) mass is 383 g/mol. The molecule has 25 heavy (non-hydrogen) atoms. The molecule has 0 aliphatic rings. The van der Waals surface area contributed by atoms with Crippen LogP contribution in [0.25, 0.3) is 6.08 Å². The van der Waals surface area contributed by atoms with Gasteiger partial charge in [-0.1, -0.05) is 6.07 Å². The quantitative estimate of drug-likeness (QED) is 0.262. The maximum atomic E-state index is 11.8. The van der Waals surface area contributed by atoms with Crippen LogP contribution in [0, 0.1) is 0 Å². The lowest BCUT2D eigenvalue weighted by Crippen LogP contribution is -2.46. The fraction of sp³-hybridized carbons (Fsp3) is 0.412. The van der Waals surface area contributed by atoms with Crippen molar-refractivity contribution in [3.8, 4) is 11.5 Å². The Morgan fingerprint density at radius 3 is 2.80 bits per heavy atom. The van der Waals surface area contributed by atoms with Crippen molar-refractivity contribution < 1.29 is 14.3 Å². The zero-order chi connectivity index (χ0) is 18.5. The van der Waals surface area contributed by atoms with Crippen molar-refractivity contribution in [2.75, 3.05) is 32.3 Å². The molecule has 0 aliphatic carbocycles. The van der Waals surface area contributed by atoms with Crippen molar-refractivity contribution in [3.63, 3.8) is 0 Å².